The van der Waals surface area contributed by atoms with E-state index in [0.29, 0.717) is 22.6 Å². The number of hydrogen-bond donors (Lipinski definition) is 2. The number of benzene rings is 2. The number of nitriles is 2. The SMILES string of the molecule is CC(=NNC(=O)C(C)SC(C)C(=O)N/N=C(\C)c1ccc(C#N)cc1)c1ccc(C#N)cc1. The van der Waals surface area contributed by atoms with Gasteiger partial charge in [-0.2, -0.15) is 20.7 Å². The third-order valence-corrected chi connectivity index (χ3v) is 5.92. The average molecular weight is 461 g/mol. The van der Waals surface area contributed by atoms with Crippen LogP contribution in [0.3, 0.4) is 0 Å². The fourth-order valence-electron chi connectivity index (χ4n) is 2.59. The van der Waals surface area contributed by atoms with E-state index in [1.165, 1.54) is 11.8 Å². The molecule has 33 heavy (non-hydrogen) atoms. The van der Waals surface area contributed by atoms with Gasteiger partial charge < -0.3 is 0 Å². The third-order valence-electron chi connectivity index (χ3n) is 4.68. The van der Waals surface area contributed by atoms with Crippen LogP contribution in [0, 0.1) is 22.7 Å². The van der Waals surface area contributed by atoms with Crippen molar-refractivity contribution >= 4 is 35.0 Å². The number of nitrogens with one attached hydrogen (secondary N) is 2. The number of hydrazone groups is 2. The van der Waals surface area contributed by atoms with E-state index in [1.807, 2.05) is 12.1 Å². The number of amides is 2. The summed E-state index contributed by atoms with van der Waals surface area (Å²) >= 11 is 1.19. The van der Waals surface area contributed by atoms with E-state index in [9.17, 15) is 9.59 Å². The number of nitrogens with zero attached hydrogens (tertiary/aromatic N) is 4. The van der Waals surface area contributed by atoms with Gasteiger partial charge in [0, 0.05) is 0 Å². The van der Waals surface area contributed by atoms with Gasteiger partial charge in [-0.1, -0.05) is 24.3 Å². The molecule has 2 aromatic rings. The summed E-state index contributed by atoms with van der Waals surface area (Å²) in [6, 6.07) is 17.9. The smallest absolute Gasteiger partial charge is 0.252 e. The van der Waals surface area contributed by atoms with Gasteiger partial charge in [-0.05, 0) is 63.1 Å². The minimum atomic E-state index is -0.521. The molecule has 2 N–H and O–H groups in total. The first-order valence-electron chi connectivity index (χ1n) is 10.1. The lowest BCUT2D eigenvalue weighted by molar-refractivity contribution is -0.120. The fourth-order valence-corrected chi connectivity index (χ4v) is 3.56. The molecular weight excluding hydrogens is 436 g/mol. The number of hydrogen-bond acceptors (Lipinski definition) is 7. The zero-order valence-electron chi connectivity index (χ0n) is 18.8. The first-order chi connectivity index (χ1) is 15.7. The summed E-state index contributed by atoms with van der Waals surface area (Å²) in [6.45, 7) is 6.90. The Hall–Kier alpha value is -3.95. The van der Waals surface area contributed by atoms with Crippen LogP contribution in [0.1, 0.15) is 49.9 Å². The van der Waals surface area contributed by atoms with Crippen molar-refractivity contribution in [2.45, 2.75) is 38.2 Å². The highest BCUT2D eigenvalue weighted by atomic mass is 32.2. The molecular formula is C24H24N6O2S. The van der Waals surface area contributed by atoms with Gasteiger partial charge in [0.1, 0.15) is 0 Å². The molecule has 0 bridgehead atoms. The molecule has 168 valence electrons. The summed E-state index contributed by atoms with van der Waals surface area (Å²) in [6.07, 6.45) is 0. The lowest BCUT2D eigenvalue weighted by atomic mass is 10.1. The minimum Gasteiger partial charge on any atom is -0.272 e. The summed E-state index contributed by atoms with van der Waals surface area (Å²) in [4.78, 5) is 24.8. The molecule has 2 rings (SSSR count). The molecule has 2 aromatic carbocycles. The summed E-state index contributed by atoms with van der Waals surface area (Å²) in [7, 11) is 0. The van der Waals surface area contributed by atoms with Crippen molar-refractivity contribution in [2.24, 2.45) is 10.2 Å². The van der Waals surface area contributed by atoms with Gasteiger partial charge in [0.25, 0.3) is 11.8 Å². The Morgan fingerprint density at radius 3 is 1.39 bits per heavy atom. The van der Waals surface area contributed by atoms with Gasteiger partial charge in [0.15, 0.2) is 0 Å². The molecule has 2 amide bonds. The number of thioether (sulfide) groups is 1. The Morgan fingerprint density at radius 1 is 0.758 bits per heavy atom. The van der Waals surface area contributed by atoms with Gasteiger partial charge >= 0.3 is 0 Å². The van der Waals surface area contributed by atoms with Crippen LogP contribution in [-0.2, 0) is 9.59 Å². The van der Waals surface area contributed by atoms with Crippen molar-refractivity contribution in [3.63, 3.8) is 0 Å². The van der Waals surface area contributed by atoms with Crippen molar-refractivity contribution < 1.29 is 9.59 Å². The van der Waals surface area contributed by atoms with Crippen molar-refractivity contribution in [3.8, 4) is 12.1 Å². The maximum Gasteiger partial charge on any atom is 0.252 e. The van der Waals surface area contributed by atoms with E-state index in [0.717, 1.165) is 11.1 Å². The summed E-state index contributed by atoms with van der Waals surface area (Å²) in [5.41, 5.74) is 8.90. The van der Waals surface area contributed by atoms with Crippen molar-refractivity contribution in [3.05, 3.63) is 70.8 Å². The molecule has 8 nitrogen and oxygen atoms in total. The molecule has 0 spiro atoms. The summed E-state index contributed by atoms with van der Waals surface area (Å²) in [5, 5.41) is 24.9. The molecule has 0 heterocycles. The van der Waals surface area contributed by atoms with Crippen LogP contribution in [0.25, 0.3) is 0 Å². The average Bonchev–Trinajstić information content (AvgIpc) is 2.85. The lowest BCUT2D eigenvalue weighted by Crippen LogP contribution is -2.33. The summed E-state index contributed by atoms with van der Waals surface area (Å²) in [5.74, 6) is -0.658. The van der Waals surface area contributed by atoms with E-state index in [1.54, 1.807) is 76.2 Å². The van der Waals surface area contributed by atoms with Crippen LogP contribution in [0.5, 0.6) is 0 Å². The molecule has 0 saturated carbocycles. The van der Waals surface area contributed by atoms with E-state index >= 15 is 0 Å². The highest BCUT2D eigenvalue weighted by molar-refractivity contribution is 8.01. The molecule has 0 aliphatic rings. The fraction of sp³-hybridized carbons (Fsp3) is 0.250. The van der Waals surface area contributed by atoms with Gasteiger partial charge in [-0.25, -0.2) is 10.9 Å². The largest absolute Gasteiger partial charge is 0.272 e. The minimum absolute atomic E-state index is 0.329. The Balaban J connectivity index is 1.87. The maximum atomic E-state index is 12.4. The molecule has 2 atom stereocenters. The van der Waals surface area contributed by atoms with Crippen LogP contribution < -0.4 is 10.9 Å². The van der Waals surface area contributed by atoms with E-state index in [-0.39, 0.29) is 11.8 Å². The van der Waals surface area contributed by atoms with Crippen LogP contribution in [-0.4, -0.2) is 33.7 Å². The molecule has 0 saturated heterocycles. The lowest BCUT2D eigenvalue weighted by Gasteiger charge is -2.15. The van der Waals surface area contributed by atoms with Crippen molar-refractivity contribution in [2.75, 3.05) is 0 Å². The van der Waals surface area contributed by atoms with Crippen molar-refractivity contribution in [1.29, 1.82) is 10.5 Å². The summed E-state index contributed by atoms with van der Waals surface area (Å²) < 4.78 is 0. The van der Waals surface area contributed by atoms with Gasteiger partial charge in [0.05, 0.1) is 45.2 Å². The molecule has 0 aliphatic heterocycles. The van der Waals surface area contributed by atoms with Crippen molar-refractivity contribution in [1.82, 2.24) is 10.9 Å². The van der Waals surface area contributed by atoms with E-state index in [4.69, 9.17) is 10.5 Å². The van der Waals surface area contributed by atoms with Crippen LogP contribution in [0.15, 0.2) is 58.7 Å². The first-order valence-corrected chi connectivity index (χ1v) is 11.0. The monoisotopic (exact) mass is 460 g/mol. The zero-order chi connectivity index (χ0) is 24.4. The highest BCUT2D eigenvalue weighted by Crippen LogP contribution is 2.18. The third kappa shape index (κ3) is 7.60. The predicted molar refractivity (Wildman–Crippen MR) is 130 cm³/mol. The standard InChI is InChI=1S/C24H24N6O2S/c1-15(21-9-5-19(13-25)6-10-21)27-29-23(31)17(3)33-18(4)24(32)30-28-16(2)22-11-7-20(14-26)8-12-22/h5-12,17-18H,1-4H3,(H,29,31)(H,30,32)/b27-15+,28-16?. The quantitative estimate of drug-likeness (QED) is 0.461. The van der Waals surface area contributed by atoms with Gasteiger partial charge in [0.2, 0.25) is 0 Å². The van der Waals surface area contributed by atoms with Crippen LogP contribution >= 0.6 is 11.8 Å². The second-order valence-corrected chi connectivity index (χ2v) is 8.83. The van der Waals surface area contributed by atoms with E-state index in [2.05, 4.69) is 21.1 Å². The number of carbonyl (C=O) groups excluding carboxylic acids is 2. The second-order valence-electron chi connectivity index (χ2n) is 7.15. The topological polar surface area (TPSA) is 130 Å². The molecule has 0 radical (unpaired) electrons. The predicted octanol–water partition coefficient (Wildman–Crippen LogP) is 3.32. The molecule has 0 aliphatic carbocycles. The Bertz CT molecular complexity index is 1050. The number of carbonyl (C=O) groups is 2. The molecule has 9 heteroatoms. The van der Waals surface area contributed by atoms with Gasteiger partial charge in [-0.3, -0.25) is 9.59 Å². The highest BCUT2D eigenvalue weighted by Gasteiger charge is 2.21. The maximum absolute atomic E-state index is 12.4. The first kappa shape index (κ1) is 25.3. The number of rotatable bonds is 8. The Kier molecular flexibility index (Phi) is 9.34. The Labute approximate surface area is 197 Å². The molecule has 0 aromatic heterocycles. The van der Waals surface area contributed by atoms with Crippen LogP contribution in [0.4, 0.5) is 0 Å². The van der Waals surface area contributed by atoms with Crippen LogP contribution in [0.2, 0.25) is 0 Å². The normalized spacial score (nSPS) is 13.3. The zero-order valence-corrected chi connectivity index (χ0v) is 19.6. The molecule has 2 unspecified atom stereocenters. The molecule has 0 fully saturated rings. The second kappa shape index (κ2) is 12.2. The van der Waals surface area contributed by atoms with E-state index < -0.39 is 10.5 Å². The Morgan fingerprint density at radius 2 is 1.09 bits per heavy atom. The van der Waals surface area contributed by atoms with Gasteiger partial charge in [-0.15, -0.1) is 11.8 Å².